The van der Waals surface area contributed by atoms with Gasteiger partial charge in [-0.3, -0.25) is 4.79 Å². The van der Waals surface area contributed by atoms with Gasteiger partial charge >= 0.3 is 0 Å². The van der Waals surface area contributed by atoms with E-state index in [0.29, 0.717) is 6.42 Å². The predicted molar refractivity (Wildman–Crippen MR) is 69.4 cm³/mol. The van der Waals surface area contributed by atoms with Crippen LogP contribution in [0.2, 0.25) is 0 Å². The fourth-order valence-electron chi connectivity index (χ4n) is 2.16. The lowest BCUT2D eigenvalue weighted by molar-refractivity contribution is 0.0960. The monoisotopic (exact) mass is 232 g/mol. The third-order valence-electron chi connectivity index (χ3n) is 3.20. The summed E-state index contributed by atoms with van der Waals surface area (Å²) in [5, 5.41) is 3.31. The van der Waals surface area contributed by atoms with Crippen LogP contribution in [0.15, 0.2) is 24.3 Å². The standard InChI is InChI=1S/C14H20N2O/c1-12-3-2-4-13(11-12)14(17)5-8-16-9-6-15-7-10-16/h2-4,11,15H,5-10H2,1H3. The second-order valence-corrected chi connectivity index (χ2v) is 4.63. The van der Waals surface area contributed by atoms with Crippen molar-refractivity contribution in [1.82, 2.24) is 10.2 Å². The highest BCUT2D eigenvalue weighted by molar-refractivity contribution is 5.96. The lowest BCUT2D eigenvalue weighted by Crippen LogP contribution is -2.44. The molecule has 0 bridgehead atoms. The van der Waals surface area contributed by atoms with Crippen molar-refractivity contribution in [3.8, 4) is 0 Å². The van der Waals surface area contributed by atoms with Crippen LogP contribution in [0.5, 0.6) is 0 Å². The van der Waals surface area contributed by atoms with E-state index in [0.717, 1.165) is 43.9 Å². The molecular weight excluding hydrogens is 212 g/mol. The number of nitrogens with zero attached hydrogens (tertiary/aromatic N) is 1. The normalized spacial score (nSPS) is 17.0. The quantitative estimate of drug-likeness (QED) is 0.798. The smallest absolute Gasteiger partial charge is 0.164 e. The van der Waals surface area contributed by atoms with E-state index in [1.54, 1.807) is 0 Å². The van der Waals surface area contributed by atoms with Crippen LogP contribution < -0.4 is 5.32 Å². The lowest BCUT2D eigenvalue weighted by atomic mass is 10.1. The van der Waals surface area contributed by atoms with Crippen LogP contribution in [-0.2, 0) is 0 Å². The molecule has 0 saturated carbocycles. The molecule has 0 unspecified atom stereocenters. The van der Waals surface area contributed by atoms with Gasteiger partial charge in [-0.15, -0.1) is 0 Å². The minimum absolute atomic E-state index is 0.257. The number of rotatable bonds is 4. The Morgan fingerprint density at radius 2 is 2.12 bits per heavy atom. The van der Waals surface area contributed by atoms with E-state index in [1.165, 1.54) is 0 Å². The van der Waals surface area contributed by atoms with E-state index in [4.69, 9.17) is 0 Å². The largest absolute Gasteiger partial charge is 0.314 e. The molecule has 1 saturated heterocycles. The number of carbonyl (C=O) groups is 1. The highest BCUT2D eigenvalue weighted by atomic mass is 16.1. The Labute approximate surface area is 103 Å². The maximum atomic E-state index is 12.0. The van der Waals surface area contributed by atoms with Crippen molar-refractivity contribution >= 4 is 5.78 Å². The fraction of sp³-hybridized carbons (Fsp3) is 0.500. The summed E-state index contributed by atoms with van der Waals surface area (Å²) in [5.41, 5.74) is 2.00. The number of hydrogen-bond acceptors (Lipinski definition) is 3. The Balaban J connectivity index is 1.84. The van der Waals surface area contributed by atoms with Gasteiger partial charge in [-0.2, -0.15) is 0 Å². The molecule has 92 valence electrons. The Morgan fingerprint density at radius 1 is 1.35 bits per heavy atom. The topological polar surface area (TPSA) is 32.3 Å². The average molecular weight is 232 g/mol. The summed E-state index contributed by atoms with van der Waals surface area (Å²) in [5.74, 6) is 0.257. The molecule has 0 aromatic heterocycles. The molecular formula is C14H20N2O. The summed E-state index contributed by atoms with van der Waals surface area (Å²) in [4.78, 5) is 14.3. The zero-order valence-corrected chi connectivity index (χ0v) is 10.4. The number of nitrogens with one attached hydrogen (secondary N) is 1. The molecule has 0 radical (unpaired) electrons. The molecule has 1 aliphatic rings. The molecule has 3 nitrogen and oxygen atoms in total. The Hall–Kier alpha value is -1.19. The summed E-state index contributed by atoms with van der Waals surface area (Å²) >= 11 is 0. The minimum atomic E-state index is 0.257. The zero-order chi connectivity index (χ0) is 12.1. The third kappa shape index (κ3) is 3.65. The molecule has 0 spiro atoms. The van der Waals surface area contributed by atoms with Gasteiger partial charge in [0.25, 0.3) is 0 Å². The first-order chi connectivity index (χ1) is 8.25. The molecule has 0 aliphatic carbocycles. The number of piperazine rings is 1. The number of carbonyl (C=O) groups excluding carboxylic acids is 1. The molecule has 1 N–H and O–H groups in total. The van der Waals surface area contributed by atoms with E-state index in [9.17, 15) is 4.79 Å². The van der Waals surface area contributed by atoms with Crippen LogP contribution in [0.4, 0.5) is 0 Å². The predicted octanol–water partition coefficient (Wildman–Crippen LogP) is 1.47. The molecule has 0 atom stereocenters. The summed E-state index contributed by atoms with van der Waals surface area (Å²) in [6.07, 6.45) is 0.628. The summed E-state index contributed by atoms with van der Waals surface area (Å²) < 4.78 is 0. The van der Waals surface area contributed by atoms with Crippen molar-refractivity contribution in [3.63, 3.8) is 0 Å². The number of Topliss-reactive ketones (excluding diaryl/α,β-unsaturated/α-hetero) is 1. The van der Waals surface area contributed by atoms with Gasteiger partial charge in [0.15, 0.2) is 5.78 Å². The molecule has 1 aliphatic heterocycles. The van der Waals surface area contributed by atoms with E-state index in [-0.39, 0.29) is 5.78 Å². The summed E-state index contributed by atoms with van der Waals surface area (Å²) in [6.45, 7) is 7.10. The van der Waals surface area contributed by atoms with E-state index in [1.807, 2.05) is 31.2 Å². The van der Waals surface area contributed by atoms with Gasteiger partial charge in [0.05, 0.1) is 0 Å². The number of aryl methyl sites for hydroxylation is 1. The van der Waals surface area contributed by atoms with E-state index < -0.39 is 0 Å². The van der Waals surface area contributed by atoms with Gasteiger partial charge in [0, 0.05) is 44.7 Å². The van der Waals surface area contributed by atoms with Gasteiger partial charge in [-0.1, -0.05) is 23.8 Å². The van der Waals surface area contributed by atoms with Gasteiger partial charge in [0.2, 0.25) is 0 Å². The zero-order valence-electron chi connectivity index (χ0n) is 10.4. The molecule has 1 heterocycles. The summed E-state index contributed by atoms with van der Waals surface area (Å²) in [7, 11) is 0. The number of ketones is 1. The van der Waals surface area contributed by atoms with Crippen LogP contribution in [0, 0.1) is 6.92 Å². The first-order valence-corrected chi connectivity index (χ1v) is 6.28. The first-order valence-electron chi connectivity index (χ1n) is 6.28. The van der Waals surface area contributed by atoms with Gasteiger partial charge in [-0.25, -0.2) is 0 Å². The maximum absolute atomic E-state index is 12.0. The van der Waals surface area contributed by atoms with E-state index in [2.05, 4.69) is 10.2 Å². The van der Waals surface area contributed by atoms with Crippen LogP contribution >= 0.6 is 0 Å². The molecule has 3 heteroatoms. The van der Waals surface area contributed by atoms with E-state index >= 15 is 0 Å². The van der Waals surface area contributed by atoms with Crippen molar-refractivity contribution in [2.75, 3.05) is 32.7 Å². The van der Waals surface area contributed by atoms with Crippen LogP contribution in [0.25, 0.3) is 0 Å². The van der Waals surface area contributed by atoms with Crippen LogP contribution in [0.3, 0.4) is 0 Å². The second-order valence-electron chi connectivity index (χ2n) is 4.63. The molecule has 1 aromatic rings. The van der Waals surface area contributed by atoms with Crippen molar-refractivity contribution in [2.24, 2.45) is 0 Å². The van der Waals surface area contributed by atoms with Crippen LogP contribution in [0.1, 0.15) is 22.3 Å². The van der Waals surface area contributed by atoms with Gasteiger partial charge < -0.3 is 10.2 Å². The summed E-state index contributed by atoms with van der Waals surface area (Å²) in [6, 6.07) is 7.85. The molecule has 0 amide bonds. The lowest BCUT2D eigenvalue weighted by Gasteiger charge is -2.26. The number of hydrogen-bond donors (Lipinski definition) is 1. The van der Waals surface area contributed by atoms with Gasteiger partial charge in [-0.05, 0) is 13.0 Å². The molecule has 1 aromatic carbocycles. The second kappa shape index (κ2) is 5.94. The molecule has 17 heavy (non-hydrogen) atoms. The fourth-order valence-corrected chi connectivity index (χ4v) is 2.16. The van der Waals surface area contributed by atoms with Crippen LogP contribution in [-0.4, -0.2) is 43.4 Å². The van der Waals surface area contributed by atoms with Crippen molar-refractivity contribution < 1.29 is 4.79 Å². The SMILES string of the molecule is Cc1cccc(C(=O)CCN2CCNCC2)c1. The average Bonchev–Trinajstić information content (AvgIpc) is 2.37. The Bertz CT molecular complexity index is 384. The first kappa shape index (κ1) is 12.3. The highest BCUT2D eigenvalue weighted by Crippen LogP contribution is 2.07. The highest BCUT2D eigenvalue weighted by Gasteiger charge is 2.12. The minimum Gasteiger partial charge on any atom is -0.314 e. The maximum Gasteiger partial charge on any atom is 0.164 e. The van der Waals surface area contributed by atoms with Crippen molar-refractivity contribution in [2.45, 2.75) is 13.3 Å². The molecule has 1 fully saturated rings. The Kier molecular flexibility index (Phi) is 4.29. The molecule has 2 rings (SSSR count). The Morgan fingerprint density at radius 3 is 2.82 bits per heavy atom. The number of benzene rings is 1. The van der Waals surface area contributed by atoms with Gasteiger partial charge in [0.1, 0.15) is 0 Å². The van der Waals surface area contributed by atoms with Crippen molar-refractivity contribution in [1.29, 1.82) is 0 Å². The third-order valence-corrected chi connectivity index (χ3v) is 3.20. The van der Waals surface area contributed by atoms with Crippen molar-refractivity contribution in [3.05, 3.63) is 35.4 Å².